The molecule has 0 aliphatic heterocycles. The highest BCUT2D eigenvalue weighted by Gasteiger charge is 2.31. The van der Waals surface area contributed by atoms with E-state index in [1.165, 1.54) is 19.3 Å². The van der Waals surface area contributed by atoms with Crippen LogP contribution in [-0.4, -0.2) is 11.5 Å². The second-order valence-electron chi connectivity index (χ2n) is 4.54. The molecule has 0 atom stereocenters. The number of anilines is 1. The smallest absolute Gasteiger partial charge is 0.142 e. The maximum absolute atomic E-state index is 8.71. The van der Waals surface area contributed by atoms with Gasteiger partial charge in [-0.2, -0.15) is 5.26 Å². The van der Waals surface area contributed by atoms with Crippen LogP contribution in [0.2, 0.25) is 0 Å². The van der Waals surface area contributed by atoms with Crippen molar-refractivity contribution in [2.45, 2.75) is 26.2 Å². The largest absolute Gasteiger partial charge is 0.369 e. The fraction of sp³-hybridized carbons (Fsp3) is 0.500. The highest BCUT2D eigenvalue weighted by Crippen LogP contribution is 2.40. The standard InChI is InChI=1S/C12H15N3/c1-12(6-3-7-12)9-14-11-5-2-4-10(8-13)15-11/h2,4-5H,3,6-7,9H2,1H3,(H,14,15). The van der Waals surface area contributed by atoms with Crippen molar-refractivity contribution in [3.8, 4) is 6.07 Å². The van der Waals surface area contributed by atoms with Crippen LogP contribution in [0.25, 0.3) is 0 Å². The number of hydrogen-bond acceptors (Lipinski definition) is 3. The lowest BCUT2D eigenvalue weighted by Crippen LogP contribution is -2.33. The number of hydrogen-bond donors (Lipinski definition) is 1. The second kappa shape index (κ2) is 3.90. The number of aromatic nitrogens is 1. The Bertz CT molecular complexity index is 388. The van der Waals surface area contributed by atoms with Crippen molar-refractivity contribution in [1.82, 2.24) is 4.98 Å². The molecule has 0 unspecified atom stereocenters. The number of nitriles is 1. The number of pyridine rings is 1. The first kappa shape index (κ1) is 9.97. The van der Waals surface area contributed by atoms with Gasteiger partial charge in [0.05, 0.1) is 0 Å². The molecule has 3 nitrogen and oxygen atoms in total. The molecule has 1 saturated carbocycles. The highest BCUT2D eigenvalue weighted by atomic mass is 15.0. The molecule has 1 fully saturated rings. The summed E-state index contributed by atoms with van der Waals surface area (Å²) in [4.78, 5) is 4.18. The summed E-state index contributed by atoms with van der Waals surface area (Å²) in [6.45, 7) is 3.24. The molecular formula is C12H15N3. The second-order valence-corrected chi connectivity index (χ2v) is 4.54. The van der Waals surface area contributed by atoms with Gasteiger partial charge in [-0.25, -0.2) is 4.98 Å². The zero-order valence-electron chi connectivity index (χ0n) is 8.95. The quantitative estimate of drug-likeness (QED) is 0.817. The monoisotopic (exact) mass is 201 g/mol. The lowest BCUT2D eigenvalue weighted by atomic mass is 9.70. The third-order valence-electron chi connectivity index (χ3n) is 3.12. The summed E-state index contributed by atoms with van der Waals surface area (Å²) >= 11 is 0. The van der Waals surface area contributed by atoms with Crippen LogP contribution in [0, 0.1) is 16.7 Å². The van der Waals surface area contributed by atoms with Crippen LogP contribution in [0.4, 0.5) is 5.82 Å². The Morgan fingerprint density at radius 2 is 2.33 bits per heavy atom. The molecular weight excluding hydrogens is 186 g/mol. The van der Waals surface area contributed by atoms with Gasteiger partial charge in [-0.1, -0.05) is 19.4 Å². The lowest BCUT2D eigenvalue weighted by molar-refractivity contribution is 0.180. The van der Waals surface area contributed by atoms with Gasteiger partial charge in [-0.15, -0.1) is 0 Å². The number of nitrogens with zero attached hydrogens (tertiary/aromatic N) is 2. The van der Waals surface area contributed by atoms with Crippen molar-refractivity contribution in [1.29, 1.82) is 5.26 Å². The summed E-state index contributed by atoms with van der Waals surface area (Å²) in [6, 6.07) is 7.52. The Morgan fingerprint density at radius 3 is 2.93 bits per heavy atom. The van der Waals surface area contributed by atoms with E-state index in [0.29, 0.717) is 11.1 Å². The van der Waals surface area contributed by atoms with Crippen molar-refractivity contribution >= 4 is 5.82 Å². The molecule has 0 saturated heterocycles. The molecule has 15 heavy (non-hydrogen) atoms. The summed E-state index contributed by atoms with van der Waals surface area (Å²) in [6.07, 6.45) is 3.92. The van der Waals surface area contributed by atoms with Gasteiger partial charge in [0.1, 0.15) is 17.6 Å². The van der Waals surface area contributed by atoms with Gasteiger partial charge < -0.3 is 5.32 Å². The molecule has 1 aromatic rings. The predicted octanol–water partition coefficient (Wildman–Crippen LogP) is 2.56. The summed E-state index contributed by atoms with van der Waals surface area (Å²) in [5.74, 6) is 0.808. The van der Waals surface area contributed by atoms with E-state index in [1.54, 1.807) is 6.07 Å². The van der Waals surface area contributed by atoms with E-state index in [1.807, 2.05) is 18.2 Å². The van der Waals surface area contributed by atoms with E-state index >= 15 is 0 Å². The first-order chi connectivity index (χ1) is 7.22. The van der Waals surface area contributed by atoms with Gasteiger partial charge in [0.15, 0.2) is 0 Å². The SMILES string of the molecule is CC1(CNc2cccc(C#N)n2)CCC1. The van der Waals surface area contributed by atoms with Crippen molar-refractivity contribution in [2.75, 3.05) is 11.9 Å². The third-order valence-corrected chi connectivity index (χ3v) is 3.12. The van der Waals surface area contributed by atoms with Gasteiger partial charge in [0, 0.05) is 6.54 Å². The molecule has 0 radical (unpaired) electrons. The molecule has 2 rings (SSSR count). The Morgan fingerprint density at radius 1 is 1.53 bits per heavy atom. The zero-order valence-corrected chi connectivity index (χ0v) is 8.95. The molecule has 1 aliphatic rings. The average molecular weight is 201 g/mol. The fourth-order valence-electron chi connectivity index (χ4n) is 1.86. The summed E-state index contributed by atoms with van der Waals surface area (Å²) in [5.41, 5.74) is 0.906. The van der Waals surface area contributed by atoms with Crippen LogP contribution < -0.4 is 5.32 Å². The number of nitrogens with one attached hydrogen (secondary N) is 1. The highest BCUT2D eigenvalue weighted by molar-refractivity contribution is 5.38. The Labute approximate surface area is 90.1 Å². The van der Waals surface area contributed by atoms with E-state index in [0.717, 1.165) is 12.4 Å². The van der Waals surface area contributed by atoms with E-state index in [4.69, 9.17) is 5.26 Å². The van der Waals surface area contributed by atoms with Crippen LogP contribution in [0.15, 0.2) is 18.2 Å². The van der Waals surface area contributed by atoms with Gasteiger partial charge in [0.2, 0.25) is 0 Å². The van der Waals surface area contributed by atoms with Crippen LogP contribution in [0.3, 0.4) is 0 Å². The normalized spacial score (nSPS) is 17.6. The van der Waals surface area contributed by atoms with E-state index in [-0.39, 0.29) is 0 Å². The van der Waals surface area contributed by atoms with E-state index in [9.17, 15) is 0 Å². The molecule has 1 aromatic heterocycles. The molecule has 3 heteroatoms. The van der Waals surface area contributed by atoms with Gasteiger partial charge in [-0.05, 0) is 30.4 Å². The molecule has 1 aliphatic carbocycles. The molecule has 0 amide bonds. The maximum atomic E-state index is 8.71. The number of rotatable bonds is 3. The summed E-state index contributed by atoms with van der Waals surface area (Å²) in [5, 5.41) is 12.0. The van der Waals surface area contributed by atoms with E-state index < -0.39 is 0 Å². The van der Waals surface area contributed by atoms with Crippen LogP contribution >= 0.6 is 0 Å². The predicted molar refractivity (Wildman–Crippen MR) is 59.4 cm³/mol. The first-order valence-electron chi connectivity index (χ1n) is 5.33. The minimum Gasteiger partial charge on any atom is -0.369 e. The van der Waals surface area contributed by atoms with Crippen molar-refractivity contribution in [2.24, 2.45) is 5.41 Å². The molecule has 1 N–H and O–H groups in total. The fourth-order valence-corrected chi connectivity index (χ4v) is 1.86. The Balaban J connectivity index is 1.96. The van der Waals surface area contributed by atoms with Crippen molar-refractivity contribution < 1.29 is 0 Å². The van der Waals surface area contributed by atoms with Crippen molar-refractivity contribution in [3.63, 3.8) is 0 Å². The van der Waals surface area contributed by atoms with Crippen LogP contribution in [0.5, 0.6) is 0 Å². The zero-order chi connectivity index (χ0) is 10.7. The Hall–Kier alpha value is -1.56. The van der Waals surface area contributed by atoms with Crippen molar-refractivity contribution in [3.05, 3.63) is 23.9 Å². The molecule has 0 aromatic carbocycles. The maximum Gasteiger partial charge on any atom is 0.142 e. The minimum atomic E-state index is 0.435. The molecule has 0 spiro atoms. The van der Waals surface area contributed by atoms with E-state index in [2.05, 4.69) is 17.2 Å². The van der Waals surface area contributed by atoms with Gasteiger partial charge >= 0.3 is 0 Å². The molecule has 0 bridgehead atoms. The molecule has 1 heterocycles. The average Bonchev–Trinajstić information content (AvgIpc) is 2.24. The molecule has 78 valence electrons. The summed E-state index contributed by atoms with van der Waals surface area (Å²) in [7, 11) is 0. The topological polar surface area (TPSA) is 48.7 Å². The van der Waals surface area contributed by atoms with Gasteiger partial charge in [-0.3, -0.25) is 0 Å². The Kier molecular flexibility index (Phi) is 2.59. The first-order valence-corrected chi connectivity index (χ1v) is 5.33. The van der Waals surface area contributed by atoms with Crippen LogP contribution in [0.1, 0.15) is 31.9 Å². The van der Waals surface area contributed by atoms with Gasteiger partial charge in [0.25, 0.3) is 0 Å². The lowest BCUT2D eigenvalue weighted by Gasteiger charge is -2.38. The minimum absolute atomic E-state index is 0.435. The third kappa shape index (κ3) is 2.27. The van der Waals surface area contributed by atoms with Crippen LogP contribution in [-0.2, 0) is 0 Å². The summed E-state index contributed by atoms with van der Waals surface area (Å²) < 4.78 is 0.